The molecule has 0 aliphatic carbocycles. The Bertz CT molecular complexity index is 1420. The number of rotatable bonds is 7. The highest BCUT2D eigenvalue weighted by atomic mass is 32.2. The fourth-order valence-corrected chi connectivity index (χ4v) is 4.73. The monoisotopic (exact) mass is 464 g/mol. The Balaban J connectivity index is 1.51. The third-order valence-electron chi connectivity index (χ3n) is 5.09. The largest absolute Gasteiger partial charge is 0.495 e. The van der Waals surface area contributed by atoms with Crippen LogP contribution in [0.4, 0.5) is 0 Å². The van der Waals surface area contributed by atoms with Gasteiger partial charge in [0.1, 0.15) is 10.6 Å². The summed E-state index contributed by atoms with van der Waals surface area (Å²) in [5.41, 5.74) is 1.49. The number of benzene rings is 2. The van der Waals surface area contributed by atoms with E-state index in [0.717, 1.165) is 5.39 Å². The zero-order valence-corrected chi connectivity index (χ0v) is 18.7. The highest BCUT2D eigenvalue weighted by Gasteiger charge is 2.23. The van der Waals surface area contributed by atoms with Crippen molar-refractivity contribution in [3.63, 3.8) is 0 Å². The van der Waals surface area contributed by atoms with Gasteiger partial charge in [-0.15, -0.1) is 0 Å². The van der Waals surface area contributed by atoms with Crippen molar-refractivity contribution in [1.29, 1.82) is 0 Å². The summed E-state index contributed by atoms with van der Waals surface area (Å²) in [5, 5.41) is 3.52. The Morgan fingerprint density at radius 3 is 2.48 bits per heavy atom. The van der Waals surface area contributed by atoms with Crippen molar-refractivity contribution in [2.24, 2.45) is 0 Å². The van der Waals surface area contributed by atoms with Crippen LogP contribution in [0.25, 0.3) is 11.0 Å². The van der Waals surface area contributed by atoms with Gasteiger partial charge in [-0.25, -0.2) is 8.42 Å². The summed E-state index contributed by atoms with van der Waals surface area (Å²) >= 11 is 0. The van der Waals surface area contributed by atoms with Crippen LogP contribution in [0.2, 0.25) is 0 Å². The van der Waals surface area contributed by atoms with Gasteiger partial charge in [0.05, 0.1) is 18.2 Å². The number of nitrogens with zero attached hydrogens (tertiary/aromatic N) is 1. The predicted octanol–water partition coefficient (Wildman–Crippen LogP) is 3.80. The Labute approximate surface area is 190 Å². The summed E-state index contributed by atoms with van der Waals surface area (Å²) in [6, 6.07) is 13.8. The topological polar surface area (TPSA) is 116 Å². The molecule has 2 aromatic carbocycles. The molecule has 2 aromatic heterocycles. The van der Waals surface area contributed by atoms with E-state index in [0.29, 0.717) is 11.1 Å². The van der Waals surface area contributed by atoms with Crippen LogP contribution in [0.15, 0.2) is 81.2 Å². The molecular formula is C24H20N2O6S. The van der Waals surface area contributed by atoms with Crippen molar-refractivity contribution in [2.75, 3.05) is 7.11 Å². The zero-order chi connectivity index (χ0) is 23.6. The fourth-order valence-electron chi connectivity index (χ4n) is 3.28. The van der Waals surface area contributed by atoms with Gasteiger partial charge in [-0.05, 0) is 55.0 Å². The molecule has 0 bridgehead atoms. The van der Waals surface area contributed by atoms with Crippen molar-refractivity contribution in [1.82, 2.24) is 10.3 Å². The minimum atomic E-state index is -3.93. The van der Waals surface area contributed by atoms with Crippen LogP contribution in [0.1, 0.15) is 33.4 Å². The maximum atomic E-state index is 13.2. The Morgan fingerprint density at radius 2 is 1.82 bits per heavy atom. The minimum Gasteiger partial charge on any atom is -0.495 e. The van der Waals surface area contributed by atoms with Gasteiger partial charge >= 0.3 is 0 Å². The Morgan fingerprint density at radius 1 is 1.06 bits per heavy atom. The molecule has 1 amide bonds. The lowest BCUT2D eigenvalue weighted by Gasteiger charge is -2.11. The van der Waals surface area contributed by atoms with Gasteiger partial charge in [0.25, 0.3) is 5.91 Å². The third-order valence-corrected chi connectivity index (χ3v) is 6.88. The summed E-state index contributed by atoms with van der Waals surface area (Å²) < 4.78 is 37.0. The van der Waals surface area contributed by atoms with E-state index in [9.17, 15) is 18.0 Å². The van der Waals surface area contributed by atoms with Crippen LogP contribution in [-0.2, 0) is 16.4 Å². The third kappa shape index (κ3) is 4.49. The molecule has 4 aromatic rings. The molecule has 0 aliphatic rings. The van der Waals surface area contributed by atoms with E-state index in [4.69, 9.17) is 9.15 Å². The van der Waals surface area contributed by atoms with Crippen LogP contribution >= 0.6 is 0 Å². The summed E-state index contributed by atoms with van der Waals surface area (Å²) in [4.78, 5) is 28.0. The fraction of sp³-hybridized carbons (Fsp3) is 0.125. The summed E-state index contributed by atoms with van der Waals surface area (Å²) in [6.45, 7) is 1.54. The molecule has 8 nitrogen and oxygen atoms in total. The number of amides is 1. The average molecular weight is 464 g/mol. The molecule has 9 heteroatoms. The molecule has 0 unspecified atom stereocenters. The molecular weight excluding hydrogens is 444 g/mol. The minimum absolute atomic E-state index is 0.0429. The zero-order valence-electron chi connectivity index (χ0n) is 17.9. The number of methoxy groups -OCH3 is 1. The molecule has 0 spiro atoms. The number of ether oxygens (including phenoxy) is 1. The molecule has 0 saturated heterocycles. The summed E-state index contributed by atoms with van der Waals surface area (Å²) in [6.07, 6.45) is 3.15. The van der Waals surface area contributed by atoms with Crippen LogP contribution in [0.5, 0.6) is 5.75 Å². The van der Waals surface area contributed by atoms with Crippen molar-refractivity contribution in [3.8, 4) is 5.75 Å². The van der Waals surface area contributed by atoms with Gasteiger partial charge in [0.15, 0.2) is 17.1 Å². The number of carbonyl (C=O) groups is 2. The second-order valence-corrected chi connectivity index (χ2v) is 9.19. The average Bonchev–Trinajstić information content (AvgIpc) is 3.27. The van der Waals surface area contributed by atoms with E-state index in [1.54, 1.807) is 30.5 Å². The SMILES string of the molecule is COc1ccc(C(C)=O)cc1S(=O)(=O)c1ccc(CNC(=O)c2cc3ccncc3o2)cc1. The second kappa shape index (κ2) is 8.87. The molecule has 168 valence electrons. The van der Waals surface area contributed by atoms with Gasteiger partial charge in [0, 0.05) is 23.7 Å². The lowest BCUT2D eigenvalue weighted by atomic mass is 10.1. The van der Waals surface area contributed by atoms with Gasteiger partial charge in [-0.1, -0.05) is 12.1 Å². The highest BCUT2D eigenvalue weighted by molar-refractivity contribution is 7.91. The van der Waals surface area contributed by atoms with Crippen molar-refractivity contribution in [3.05, 3.63) is 83.9 Å². The maximum Gasteiger partial charge on any atom is 0.287 e. The first-order chi connectivity index (χ1) is 15.8. The molecule has 0 aliphatic heterocycles. The Hall–Kier alpha value is -3.98. The maximum absolute atomic E-state index is 13.2. The quantitative estimate of drug-likeness (QED) is 0.414. The number of hydrogen-bond donors (Lipinski definition) is 1. The van der Waals surface area contributed by atoms with Crippen LogP contribution in [0, 0.1) is 0 Å². The van der Waals surface area contributed by atoms with Crippen LogP contribution in [0.3, 0.4) is 0 Å². The lowest BCUT2D eigenvalue weighted by Crippen LogP contribution is -2.22. The predicted molar refractivity (Wildman–Crippen MR) is 120 cm³/mol. The molecule has 0 saturated carbocycles. The van der Waals surface area contributed by atoms with Crippen LogP contribution in [-0.4, -0.2) is 32.2 Å². The second-order valence-electron chi connectivity index (χ2n) is 7.28. The number of pyridine rings is 1. The molecule has 2 heterocycles. The van der Waals surface area contributed by atoms with Gasteiger partial charge in [-0.3, -0.25) is 14.6 Å². The number of ketones is 1. The molecule has 0 atom stereocenters. The van der Waals surface area contributed by atoms with E-state index in [1.165, 1.54) is 50.6 Å². The van der Waals surface area contributed by atoms with E-state index in [-0.39, 0.29) is 39.2 Å². The summed E-state index contributed by atoms with van der Waals surface area (Å²) in [7, 11) is -2.56. The number of sulfone groups is 1. The van der Waals surface area contributed by atoms with Gasteiger partial charge in [-0.2, -0.15) is 0 Å². The number of furan rings is 1. The van der Waals surface area contributed by atoms with E-state index < -0.39 is 15.7 Å². The Kier molecular flexibility index (Phi) is 5.97. The van der Waals surface area contributed by atoms with Gasteiger partial charge < -0.3 is 14.5 Å². The summed E-state index contributed by atoms with van der Waals surface area (Å²) in [5.74, 6) is -0.332. The van der Waals surface area contributed by atoms with E-state index in [2.05, 4.69) is 10.3 Å². The molecule has 0 fully saturated rings. The number of nitrogens with one attached hydrogen (secondary N) is 1. The van der Waals surface area contributed by atoms with Crippen molar-refractivity contribution in [2.45, 2.75) is 23.3 Å². The molecule has 4 rings (SSSR count). The number of Topliss-reactive ketones (excluding diaryl/α,β-unsaturated/α-hetero) is 1. The van der Waals surface area contributed by atoms with Crippen molar-refractivity contribution < 1.29 is 27.2 Å². The molecule has 0 radical (unpaired) electrons. The van der Waals surface area contributed by atoms with E-state index in [1.807, 2.05) is 0 Å². The first-order valence-corrected chi connectivity index (χ1v) is 11.4. The number of aromatic nitrogens is 1. The number of fused-ring (bicyclic) bond motifs is 1. The first-order valence-electron chi connectivity index (χ1n) is 9.94. The number of hydrogen-bond acceptors (Lipinski definition) is 7. The molecule has 1 N–H and O–H groups in total. The van der Waals surface area contributed by atoms with E-state index >= 15 is 0 Å². The van der Waals surface area contributed by atoms with Crippen LogP contribution < -0.4 is 10.1 Å². The smallest absolute Gasteiger partial charge is 0.287 e. The van der Waals surface area contributed by atoms with Crippen molar-refractivity contribution >= 4 is 32.5 Å². The lowest BCUT2D eigenvalue weighted by molar-refractivity contribution is 0.0924. The number of carbonyl (C=O) groups excluding carboxylic acids is 2. The first kappa shape index (κ1) is 22.2. The standard InChI is InChI=1S/C24H20N2O6S/c1-15(27)17-5-8-20(31-2)23(12-17)33(29,30)19-6-3-16(4-7-19)13-26-24(28)21-11-18-9-10-25-14-22(18)32-21/h3-12,14H,13H2,1-2H3,(H,26,28). The molecule has 33 heavy (non-hydrogen) atoms. The normalized spacial score (nSPS) is 11.3. The highest BCUT2D eigenvalue weighted by Crippen LogP contribution is 2.30. The van der Waals surface area contributed by atoms with Gasteiger partial charge in [0.2, 0.25) is 9.84 Å².